The van der Waals surface area contributed by atoms with E-state index in [1.54, 1.807) is 0 Å². The zero-order valence-electron chi connectivity index (χ0n) is 18.3. The maximum atomic E-state index is 12.8. The number of carbonyl (C=O) groups is 1. The van der Waals surface area contributed by atoms with Crippen molar-refractivity contribution in [1.29, 1.82) is 0 Å². The molecule has 1 aromatic carbocycles. The highest BCUT2D eigenvalue weighted by Crippen LogP contribution is 2.38. The maximum absolute atomic E-state index is 12.8. The molecule has 3 aliphatic rings. The molecule has 0 radical (unpaired) electrons. The van der Waals surface area contributed by atoms with Crippen LogP contribution in [0.25, 0.3) is 0 Å². The normalized spacial score (nSPS) is 25.3. The minimum atomic E-state index is 0.154. The van der Waals surface area contributed by atoms with Crippen molar-refractivity contribution >= 4 is 11.9 Å². The van der Waals surface area contributed by atoms with E-state index < -0.39 is 0 Å². The third-order valence-electron chi connectivity index (χ3n) is 6.96. The van der Waals surface area contributed by atoms with Gasteiger partial charge in [0.25, 0.3) is 0 Å². The third kappa shape index (κ3) is 5.15. The molecule has 1 N–H and O–H groups in total. The predicted molar refractivity (Wildman–Crippen MR) is 119 cm³/mol. The second-order valence-electron chi connectivity index (χ2n) is 9.16. The van der Waals surface area contributed by atoms with Gasteiger partial charge < -0.3 is 19.9 Å². The van der Waals surface area contributed by atoms with Crippen LogP contribution < -0.4 is 5.32 Å². The Bertz CT molecular complexity index is 722. The molecule has 0 saturated carbocycles. The fourth-order valence-electron chi connectivity index (χ4n) is 5.09. The van der Waals surface area contributed by atoms with Crippen LogP contribution in [-0.4, -0.2) is 74.1 Å². The van der Waals surface area contributed by atoms with Crippen LogP contribution in [0.15, 0.2) is 35.3 Å². The molecular weight excluding hydrogens is 376 g/mol. The molecule has 3 fully saturated rings. The minimum absolute atomic E-state index is 0.154. The Labute approximate surface area is 180 Å². The number of piperidine rings is 1. The molecule has 6 heteroatoms. The second kappa shape index (κ2) is 9.82. The van der Waals surface area contributed by atoms with E-state index in [2.05, 4.69) is 47.5 Å². The lowest BCUT2D eigenvalue weighted by Gasteiger charge is -2.32. The average molecular weight is 413 g/mol. The minimum Gasteiger partial charge on any atom is -0.381 e. The molecule has 4 rings (SSSR count). The zero-order valence-corrected chi connectivity index (χ0v) is 18.3. The number of guanidine groups is 1. The Balaban J connectivity index is 1.27. The van der Waals surface area contributed by atoms with Crippen molar-refractivity contribution in [3.8, 4) is 0 Å². The topological polar surface area (TPSA) is 57.2 Å². The molecule has 0 bridgehead atoms. The Hall–Kier alpha value is -2.08. The highest BCUT2D eigenvalue weighted by atomic mass is 16.5. The lowest BCUT2D eigenvalue weighted by Crippen LogP contribution is -2.43. The maximum Gasteiger partial charge on any atom is 0.244 e. The quantitative estimate of drug-likeness (QED) is 0.597. The number of aliphatic imine (C=N–C) groups is 1. The summed E-state index contributed by atoms with van der Waals surface area (Å²) >= 11 is 0. The van der Waals surface area contributed by atoms with Gasteiger partial charge in [-0.05, 0) is 50.5 Å². The highest BCUT2D eigenvalue weighted by Gasteiger charge is 2.42. The van der Waals surface area contributed by atoms with Crippen molar-refractivity contribution in [2.75, 3.05) is 52.5 Å². The van der Waals surface area contributed by atoms with Crippen molar-refractivity contribution in [1.82, 2.24) is 15.1 Å². The van der Waals surface area contributed by atoms with E-state index in [-0.39, 0.29) is 12.5 Å². The van der Waals surface area contributed by atoms with E-state index in [1.165, 1.54) is 5.56 Å². The molecule has 6 nitrogen and oxygen atoms in total. The summed E-state index contributed by atoms with van der Waals surface area (Å²) in [6.07, 6.45) is 5.57. The van der Waals surface area contributed by atoms with Gasteiger partial charge in [-0.2, -0.15) is 0 Å². The molecule has 1 amide bonds. The lowest BCUT2D eigenvalue weighted by molar-refractivity contribution is -0.131. The number of benzene rings is 1. The first kappa shape index (κ1) is 21.2. The molecule has 164 valence electrons. The van der Waals surface area contributed by atoms with E-state index >= 15 is 0 Å². The molecule has 1 unspecified atom stereocenters. The monoisotopic (exact) mass is 412 g/mol. The van der Waals surface area contributed by atoms with Gasteiger partial charge >= 0.3 is 0 Å². The Morgan fingerprint density at radius 2 is 1.97 bits per heavy atom. The Morgan fingerprint density at radius 1 is 1.17 bits per heavy atom. The van der Waals surface area contributed by atoms with Gasteiger partial charge in [0.1, 0.15) is 6.54 Å². The van der Waals surface area contributed by atoms with Crippen LogP contribution in [0.1, 0.15) is 38.2 Å². The summed E-state index contributed by atoms with van der Waals surface area (Å²) in [6, 6.07) is 10.7. The largest absolute Gasteiger partial charge is 0.381 e. The SMILES string of the molecule is CCNC(=NCC(=O)N1CCC(Cc2ccccc2)CC1)N1CCC2(CCOC2)C1. The van der Waals surface area contributed by atoms with Gasteiger partial charge in [0.15, 0.2) is 5.96 Å². The van der Waals surface area contributed by atoms with Gasteiger partial charge in [0.2, 0.25) is 5.91 Å². The summed E-state index contributed by atoms with van der Waals surface area (Å²) in [5.41, 5.74) is 1.69. The number of hydrogen-bond acceptors (Lipinski definition) is 3. The summed E-state index contributed by atoms with van der Waals surface area (Å²) in [6.45, 7) is 8.56. The molecule has 3 heterocycles. The van der Waals surface area contributed by atoms with E-state index in [0.29, 0.717) is 11.3 Å². The van der Waals surface area contributed by atoms with Gasteiger partial charge in [-0.15, -0.1) is 0 Å². The van der Waals surface area contributed by atoms with Crippen molar-refractivity contribution in [3.05, 3.63) is 35.9 Å². The van der Waals surface area contributed by atoms with Crippen LogP contribution in [0.2, 0.25) is 0 Å². The fraction of sp³-hybridized carbons (Fsp3) is 0.667. The zero-order chi connectivity index (χ0) is 20.8. The number of nitrogens with zero attached hydrogens (tertiary/aromatic N) is 3. The van der Waals surface area contributed by atoms with E-state index in [9.17, 15) is 4.79 Å². The number of nitrogens with one attached hydrogen (secondary N) is 1. The first-order valence-electron chi connectivity index (χ1n) is 11.6. The van der Waals surface area contributed by atoms with Crippen molar-refractivity contribution in [3.63, 3.8) is 0 Å². The molecule has 1 atom stereocenters. The van der Waals surface area contributed by atoms with Crippen LogP contribution in [0, 0.1) is 11.3 Å². The summed E-state index contributed by atoms with van der Waals surface area (Å²) in [4.78, 5) is 21.8. The van der Waals surface area contributed by atoms with Crippen LogP contribution in [-0.2, 0) is 16.0 Å². The van der Waals surface area contributed by atoms with Gasteiger partial charge in [-0.3, -0.25) is 4.79 Å². The van der Waals surface area contributed by atoms with Gasteiger partial charge in [0.05, 0.1) is 6.61 Å². The van der Waals surface area contributed by atoms with Gasteiger partial charge in [-0.1, -0.05) is 30.3 Å². The molecule has 0 aromatic heterocycles. The van der Waals surface area contributed by atoms with E-state index in [1.807, 2.05) is 4.90 Å². The molecule has 1 aromatic rings. The Morgan fingerprint density at radius 3 is 2.67 bits per heavy atom. The van der Waals surface area contributed by atoms with Crippen LogP contribution in [0.4, 0.5) is 0 Å². The molecule has 3 saturated heterocycles. The number of likely N-dealkylation sites (tertiary alicyclic amines) is 2. The van der Waals surface area contributed by atoms with Crippen LogP contribution in [0.3, 0.4) is 0 Å². The van der Waals surface area contributed by atoms with E-state index in [0.717, 1.165) is 84.0 Å². The van der Waals surface area contributed by atoms with Crippen LogP contribution in [0.5, 0.6) is 0 Å². The molecule has 1 spiro atoms. The van der Waals surface area contributed by atoms with E-state index in [4.69, 9.17) is 9.73 Å². The highest BCUT2D eigenvalue weighted by molar-refractivity contribution is 5.85. The average Bonchev–Trinajstić information content (AvgIpc) is 3.42. The molecular formula is C24H36N4O2. The smallest absolute Gasteiger partial charge is 0.244 e. The number of amides is 1. The number of carbonyl (C=O) groups excluding carboxylic acids is 1. The molecule has 30 heavy (non-hydrogen) atoms. The second-order valence-corrected chi connectivity index (χ2v) is 9.16. The van der Waals surface area contributed by atoms with Gasteiger partial charge in [0, 0.05) is 44.7 Å². The molecule has 0 aliphatic carbocycles. The standard InChI is InChI=1S/C24H36N4O2/c1-2-25-23(28-14-10-24(18-28)11-15-30-19-24)26-17-22(29)27-12-8-21(9-13-27)16-20-6-4-3-5-7-20/h3-7,21H,2,8-19H2,1H3,(H,25,26). The van der Waals surface area contributed by atoms with Crippen molar-refractivity contribution in [2.45, 2.75) is 39.0 Å². The number of ether oxygens (including phenoxy) is 1. The first-order valence-corrected chi connectivity index (χ1v) is 11.6. The van der Waals surface area contributed by atoms with Crippen LogP contribution >= 0.6 is 0 Å². The number of hydrogen-bond donors (Lipinski definition) is 1. The summed E-state index contributed by atoms with van der Waals surface area (Å²) < 4.78 is 5.65. The van der Waals surface area contributed by atoms with Crippen molar-refractivity contribution in [2.24, 2.45) is 16.3 Å². The van der Waals surface area contributed by atoms with Crippen molar-refractivity contribution < 1.29 is 9.53 Å². The predicted octanol–water partition coefficient (Wildman–Crippen LogP) is 2.55. The summed E-state index contributed by atoms with van der Waals surface area (Å²) in [5, 5.41) is 3.39. The third-order valence-corrected chi connectivity index (χ3v) is 6.96. The summed E-state index contributed by atoms with van der Waals surface area (Å²) in [5.74, 6) is 1.71. The first-order chi connectivity index (χ1) is 14.7. The number of rotatable bonds is 5. The Kier molecular flexibility index (Phi) is 6.93. The molecule has 3 aliphatic heterocycles. The van der Waals surface area contributed by atoms with Gasteiger partial charge in [-0.25, -0.2) is 4.99 Å². The summed E-state index contributed by atoms with van der Waals surface area (Å²) in [7, 11) is 0. The lowest BCUT2D eigenvalue weighted by atomic mass is 9.87. The fourth-order valence-corrected chi connectivity index (χ4v) is 5.09.